The number of rotatable bonds is 41. The van der Waals surface area contributed by atoms with Gasteiger partial charge in [-0.25, -0.2) is 4.79 Å². The van der Waals surface area contributed by atoms with Crippen LogP contribution in [-0.4, -0.2) is 225 Å². The molecule has 1 aromatic heterocycles. The van der Waals surface area contributed by atoms with Crippen molar-refractivity contribution in [3.63, 3.8) is 0 Å². The molecule has 1 saturated heterocycles. The van der Waals surface area contributed by atoms with Crippen LogP contribution in [-0.2, 0) is 92.8 Å². The monoisotopic (exact) mass is 1790 g/mol. The molecule has 5 aliphatic rings. The number of pyridine rings is 1. The third kappa shape index (κ3) is 26.9. The van der Waals surface area contributed by atoms with Crippen LogP contribution in [0.5, 0.6) is 5.75 Å². The number of aromatic nitrogens is 1. The van der Waals surface area contributed by atoms with Gasteiger partial charge in [0.05, 0.1) is 12.7 Å². The fourth-order valence-corrected chi connectivity index (χ4v) is 18.7. The number of Topliss-reactive ketones (excluding diaryl/α,β-unsaturated/α-hetero) is 1. The number of ketones is 2. The number of urea groups is 1. The Morgan fingerprint density at radius 3 is 1.77 bits per heavy atom. The minimum absolute atomic E-state index is 0.000209. The number of allylic oxidation sites excluding steroid dienone is 1. The predicted molar refractivity (Wildman–Crippen MR) is 473 cm³/mol. The second kappa shape index (κ2) is 46.4. The largest absolute Gasteiger partial charge is 0.508 e. The van der Waals surface area contributed by atoms with Crippen LogP contribution in [0.1, 0.15) is 147 Å². The van der Waals surface area contributed by atoms with Crippen molar-refractivity contribution in [3.05, 3.63) is 154 Å². The fourth-order valence-electron chi connectivity index (χ4n) is 18.6. The van der Waals surface area contributed by atoms with Crippen molar-refractivity contribution < 1.29 is 92.3 Å². The minimum atomic E-state index is -1.85. The summed E-state index contributed by atoms with van der Waals surface area (Å²) in [5, 5.41) is 70.0. The molecule has 1 aliphatic heterocycles. The zero-order chi connectivity index (χ0) is 93.3. The Balaban J connectivity index is 0.000000598. The lowest BCUT2D eigenvalue weighted by Gasteiger charge is -2.59. The summed E-state index contributed by atoms with van der Waals surface area (Å²) in [5.74, 6) is -10.1. The van der Waals surface area contributed by atoms with Gasteiger partial charge in [0.1, 0.15) is 79.1 Å². The number of nitrogens with zero attached hydrogens (tertiary/aromatic N) is 3. The molecular weight excluding hydrogens is 1670 g/mol. The van der Waals surface area contributed by atoms with E-state index in [-0.39, 0.29) is 136 Å². The summed E-state index contributed by atoms with van der Waals surface area (Å²) in [6, 6.07) is 13.5. The number of amides is 13. The molecule has 36 nitrogen and oxygen atoms in total. The molecule has 17 atom stereocenters. The second-order valence-corrected chi connectivity index (χ2v) is 34.9. The first kappa shape index (κ1) is 99.5. The molecule has 22 N–H and O–H groups in total. The molecular formula is C91H120ClN17O19. The molecule has 37 heteroatoms. The van der Waals surface area contributed by atoms with E-state index in [2.05, 4.69) is 70.1 Å². The highest BCUT2D eigenvalue weighted by Gasteiger charge is 2.65. The number of carbonyl (C=O) groups excluding carboxylic acids is 15. The summed E-state index contributed by atoms with van der Waals surface area (Å²) in [6.45, 7) is 6.78. The number of aliphatic imine (C=N–C) groups is 1. The van der Waals surface area contributed by atoms with Crippen molar-refractivity contribution >= 4 is 117 Å². The molecule has 0 bridgehead atoms. The first-order valence-corrected chi connectivity index (χ1v) is 43.7. The molecule has 5 aromatic rings. The maximum atomic E-state index is 14.9. The lowest BCUT2D eigenvalue weighted by Crippen LogP contribution is -2.61. The summed E-state index contributed by atoms with van der Waals surface area (Å²) in [4.78, 5) is 213. The molecule has 2 heterocycles. The topological polar surface area (TPSA) is 590 Å². The normalized spacial score (nSPS) is 21.8. The van der Waals surface area contributed by atoms with E-state index in [9.17, 15) is 92.3 Å². The van der Waals surface area contributed by atoms with Crippen LogP contribution in [0, 0.1) is 40.4 Å². The van der Waals surface area contributed by atoms with Gasteiger partial charge in [-0.3, -0.25) is 72.3 Å². The Morgan fingerprint density at radius 2 is 1.18 bits per heavy atom. The number of aliphatic hydroxyl groups excluding tert-OH is 3. The van der Waals surface area contributed by atoms with E-state index in [4.69, 9.17) is 34.5 Å². The molecule has 10 rings (SSSR count). The molecule has 4 aliphatic carbocycles. The number of aldehydes is 1. The maximum Gasteiger partial charge on any atom is 0.312 e. The Bertz CT molecular complexity index is 4880. The smallest absolute Gasteiger partial charge is 0.312 e. The number of guanidine groups is 1. The van der Waals surface area contributed by atoms with E-state index in [0.29, 0.717) is 53.0 Å². The number of carbonyl (C=O) groups is 15. The lowest BCUT2D eigenvalue weighted by atomic mass is 9.45. The molecule has 13 amide bonds. The summed E-state index contributed by atoms with van der Waals surface area (Å²) in [6.07, 6.45) is 9.45. The van der Waals surface area contributed by atoms with Crippen LogP contribution in [0.2, 0.25) is 5.02 Å². The van der Waals surface area contributed by atoms with Crippen molar-refractivity contribution in [3.8, 4) is 5.75 Å². The van der Waals surface area contributed by atoms with Gasteiger partial charge in [0.2, 0.25) is 65.0 Å². The quantitative estimate of drug-likeness (QED) is 0.0113. The third-order valence-corrected chi connectivity index (χ3v) is 25.2. The zero-order valence-corrected chi connectivity index (χ0v) is 73.3. The number of aliphatic hydroxyl groups is 3. The number of benzene rings is 4. The molecule has 0 radical (unpaired) electrons. The highest BCUT2D eigenvalue weighted by atomic mass is 35.5. The van der Waals surface area contributed by atoms with Gasteiger partial charge in [-0.15, -0.1) is 0 Å². The van der Waals surface area contributed by atoms with E-state index in [1.807, 2.05) is 42.5 Å². The van der Waals surface area contributed by atoms with Gasteiger partial charge >= 0.3 is 6.03 Å². The summed E-state index contributed by atoms with van der Waals surface area (Å²) in [7, 11) is 0. The first-order chi connectivity index (χ1) is 60.9. The van der Waals surface area contributed by atoms with Crippen molar-refractivity contribution in [2.75, 3.05) is 32.8 Å². The van der Waals surface area contributed by atoms with Crippen LogP contribution < -0.4 is 76.1 Å². The Kier molecular flexibility index (Phi) is 36.1. The highest BCUT2D eigenvalue weighted by molar-refractivity contribution is 6.30. The number of fused-ring (bicyclic) bond motifs is 6. The number of phenols is 1. The van der Waals surface area contributed by atoms with Crippen LogP contribution in [0.15, 0.2) is 132 Å². The first-order valence-electron chi connectivity index (χ1n) is 43.3. The van der Waals surface area contributed by atoms with E-state index in [1.54, 1.807) is 56.3 Å². The number of phenolic OH excluding ortho intramolecular Hbond substituents is 1. The maximum absolute atomic E-state index is 14.9. The van der Waals surface area contributed by atoms with Crippen LogP contribution in [0.3, 0.4) is 0 Å². The van der Waals surface area contributed by atoms with Gasteiger partial charge in [-0.2, -0.15) is 0 Å². The molecule has 4 fully saturated rings. The second-order valence-electron chi connectivity index (χ2n) is 34.5. The Morgan fingerprint density at radius 1 is 0.625 bits per heavy atom. The Labute approximate surface area is 747 Å². The van der Waals surface area contributed by atoms with Gasteiger partial charge < -0.3 is 106 Å². The average Bonchev–Trinajstić information content (AvgIpc) is 1.47. The van der Waals surface area contributed by atoms with E-state index >= 15 is 0 Å². The summed E-state index contributed by atoms with van der Waals surface area (Å²) in [5.41, 5.74) is 24.0. The van der Waals surface area contributed by atoms with Gasteiger partial charge in [0.15, 0.2) is 17.5 Å². The summed E-state index contributed by atoms with van der Waals surface area (Å²) < 4.78 is 0. The van der Waals surface area contributed by atoms with Crippen molar-refractivity contribution in [2.24, 2.45) is 68.3 Å². The van der Waals surface area contributed by atoms with Gasteiger partial charge in [-0.1, -0.05) is 111 Å². The van der Waals surface area contributed by atoms with Crippen molar-refractivity contribution in [2.45, 2.75) is 217 Å². The molecule has 128 heavy (non-hydrogen) atoms. The predicted octanol–water partition coefficient (Wildman–Crippen LogP) is 1.13. The third-order valence-electron chi connectivity index (χ3n) is 24.9. The zero-order valence-electron chi connectivity index (χ0n) is 72.6. The molecule has 690 valence electrons. The number of primary amides is 2. The number of nitrogens with two attached hydrogens (primary N) is 4. The lowest BCUT2D eigenvalue weighted by molar-refractivity contribution is -0.157. The number of hydrogen-bond donors (Lipinski definition) is 18. The van der Waals surface area contributed by atoms with E-state index in [0.717, 1.165) is 48.3 Å². The average molecular weight is 1790 g/mol. The highest BCUT2D eigenvalue weighted by Crippen LogP contribution is 2.66. The van der Waals surface area contributed by atoms with Gasteiger partial charge in [-0.05, 0) is 189 Å². The number of aromatic hydroxyl groups is 1. The van der Waals surface area contributed by atoms with Gasteiger partial charge in [0, 0.05) is 87.4 Å². The molecule has 3 saturated carbocycles. The van der Waals surface area contributed by atoms with Crippen molar-refractivity contribution in [1.82, 2.24) is 63.1 Å². The van der Waals surface area contributed by atoms with Crippen LogP contribution in [0.25, 0.3) is 10.8 Å². The number of nitrogens with one attached hydrogen (secondary N) is 10. The molecule has 4 aromatic carbocycles. The molecule has 0 unspecified atom stereocenters. The Hall–Kier alpha value is -12.3. The standard InChI is InChI=1S/C70H92ClN17O14.C21H28O5/c1-39(2)31-52(61(94)82-51(15-9-28-77-69(73)74)68(101)88-30-10-16-58(88)67(100)79-40(3)59(72)92)83-60(93)50(14-8-29-78-70(75)102)81-63(96)54(34-43-20-25-49(91)26-21-43)86-66(99)57(38-89)87-65(98)56(36-45-11-7-27-76-37-45)85-64(97)55(33-42-18-23-48(71)24-19-42)84-62(95)53(80-41(4)90)35-44-17-22-46-12-5-6-13-47(46)32-44;1-20-7-6-13(24)8-12(20)2-3-14-15-4-5-16(18(26)10-22)21(15,11-23)9-17(25)19(14)20/h5-7,11-13,17-27,32,37,39-40,50-58,89,91H,8-10,14-16,28-31,33-36,38H2,1-4H3,(H2,72,92)(H,79,100)(H,80,90)(H,81,96)(H,82,94)(H,83,93)(H,84,95)(H,85,97)(H,86,99)(H,87,98)(H4,73,74,77)(H3,75,78,102);8,11,14-17,19,22,25H,2-7,9-10H2,1H3/t40-,50-,51+,52+,53-,54+,55-,56-,57+,58+;14-,15-,16+,17-,19+,20-,21+/m10/s1. The van der Waals surface area contributed by atoms with E-state index in [1.165, 1.54) is 55.4 Å². The fraction of sp³-hybridized carbons (Fsp3) is 0.505. The van der Waals surface area contributed by atoms with Crippen LogP contribution >= 0.6 is 11.6 Å². The van der Waals surface area contributed by atoms with Crippen molar-refractivity contribution in [1.29, 1.82) is 0 Å². The summed E-state index contributed by atoms with van der Waals surface area (Å²) >= 11 is 6.23. The van der Waals surface area contributed by atoms with E-state index < -0.39 is 162 Å². The minimum Gasteiger partial charge on any atom is -0.508 e. The van der Waals surface area contributed by atoms with Crippen LogP contribution in [0.4, 0.5) is 4.79 Å². The molecule has 0 spiro atoms. The number of hydrogen-bond acceptors (Lipinski definition) is 21. The number of halogens is 1. The number of likely N-dealkylation sites (tertiary alicyclic amines) is 1. The SMILES string of the molecule is CC(=O)N[C@H](Cc1ccc2ccccc2c1)C(=O)N[C@H](Cc1ccc(Cl)cc1)C(=O)N[C@H](Cc1cccnc1)C(=O)N[C@@H](CO)C(=O)N[C@@H](Cc1ccc(O)cc1)C(=O)N[C@H](CCCNC(N)=O)C(=O)N[C@@H](CC(C)C)C(=O)N[C@@H](CCCN=C(N)N)C(=O)N1CCC[C@H]1C(=O)N[C@H](C)C(N)=O.C[C@]12CCC(=O)C=C1CC[C@@H]1[C@@H]2[C@@H](O)C[C@]2(C=O)[C@@H](C(=O)CO)CC[C@@H]12. The van der Waals surface area contributed by atoms with Gasteiger partial charge in [0.25, 0.3) is 0 Å².